The number of halogens is 2. The second-order valence-corrected chi connectivity index (χ2v) is 5.22. The Hall–Kier alpha value is -0.930. The minimum atomic E-state index is -0.351. The first kappa shape index (κ1) is 12.5. The first-order valence-electron chi connectivity index (χ1n) is 5.48. The molecule has 0 saturated heterocycles. The van der Waals surface area contributed by atoms with Crippen LogP contribution in [0.5, 0.6) is 5.75 Å². The number of phenolic OH excluding ortho intramolecular Hbond substituents is 1. The van der Waals surface area contributed by atoms with Gasteiger partial charge in [0.2, 0.25) is 0 Å². The van der Waals surface area contributed by atoms with E-state index in [1.54, 1.807) is 0 Å². The smallest absolute Gasteiger partial charge is 0.255 e. The summed E-state index contributed by atoms with van der Waals surface area (Å²) >= 11 is 11.8. The molecule has 17 heavy (non-hydrogen) atoms. The Kier molecular flexibility index (Phi) is 3.79. The minimum Gasteiger partial charge on any atom is -0.507 e. The molecule has 2 N–H and O–H groups in total. The molecule has 1 aromatic carbocycles. The zero-order valence-corrected chi connectivity index (χ0v) is 10.6. The topological polar surface area (TPSA) is 49.3 Å². The molecule has 0 aromatic heterocycles. The highest BCUT2D eigenvalue weighted by Crippen LogP contribution is 2.35. The predicted octanol–water partition coefficient (Wildman–Crippen LogP) is 2.79. The normalized spacial score (nSPS) is 16.6. The molecule has 1 fully saturated rings. The van der Waals surface area contributed by atoms with Gasteiger partial charge in [0.15, 0.2) is 0 Å². The van der Waals surface area contributed by atoms with Crippen LogP contribution >= 0.6 is 23.2 Å². The largest absolute Gasteiger partial charge is 0.507 e. The maximum atomic E-state index is 11.8. The van der Waals surface area contributed by atoms with Crippen LogP contribution in [0, 0.1) is 5.92 Å². The number of aromatic hydroxyl groups is 1. The molecule has 0 bridgehead atoms. The van der Waals surface area contributed by atoms with Crippen LogP contribution in [0.25, 0.3) is 0 Å². The molecule has 3 nitrogen and oxygen atoms in total. The molecule has 1 amide bonds. The highest BCUT2D eigenvalue weighted by Gasteiger charge is 2.29. The molecule has 2 rings (SSSR count). The van der Waals surface area contributed by atoms with Gasteiger partial charge in [-0.25, -0.2) is 0 Å². The van der Waals surface area contributed by atoms with Crippen molar-refractivity contribution >= 4 is 29.1 Å². The number of benzene rings is 1. The summed E-state index contributed by atoms with van der Waals surface area (Å²) in [7, 11) is 0. The van der Waals surface area contributed by atoms with E-state index < -0.39 is 0 Å². The summed E-state index contributed by atoms with van der Waals surface area (Å²) in [6.07, 6.45) is 2.26. The van der Waals surface area contributed by atoms with E-state index in [0.29, 0.717) is 17.5 Å². The molecule has 1 atom stereocenters. The molecule has 1 aromatic rings. The maximum absolute atomic E-state index is 11.8. The summed E-state index contributed by atoms with van der Waals surface area (Å²) in [5.74, 6) is 0.0886. The van der Waals surface area contributed by atoms with Crippen molar-refractivity contribution < 1.29 is 9.90 Å². The third-order valence-electron chi connectivity index (χ3n) is 2.79. The Labute approximate surface area is 110 Å². The van der Waals surface area contributed by atoms with Gasteiger partial charge < -0.3 is 10.4 Å². The van der Waals surface area contributed by atoms with Gasteiger partial charge in [-0.05, 0) is 37.0 Å². The standard InChI is InChI=1S/C12H13Cl2NO2/c13-8-3-4-11(16)9(5-8)12(17)15-6-10(14)7-1-2-7/h3-5,7,10,16H,1-2,6H2,(H,15,17). The molecule has 0 radical (unpaired) electrons. The van der Waals surface area contributed by atoms with Gasteiger partial charge in [-0.15, -0.1) is 11.6 Å². The quantitative estimate of drug-likeness (QED) is 0.829. The van der Waals surface area contributed by atoms with Crippen LogP contribution in [-0.4, -0.2) is 22.9 Å². The minimum absolute atomic E-state index is 0.0275. The van der Waals surface area contributed by atoms with E-state index in [1.165, 1.54) is 18.2 Å². The van der Waals surface area contributed by atoms with Crippen molar-refractivity contribution in [3.8, 4) is 5.75 Å². The summed E-state index contributed by atoms with van der Waals surface area (Å²) in [4.78, 5) is 11.8. The van der Waals surface area contributed by atoms with Crippen molar-refractivity contribution in [3.63, 3.8) is 0 Å². The molecule has 0 aliphatic heterocycles. The fraction of sp³-hybridized carbons (Fsp3) is 0.417. The molecule has 0 spiro atoms. The second-order valence-electron chi connectivity index (χ2n) is 4.22. The number of carbonyl (C=O) groups is 1. The van der Waals surface area contributed by atoms with E-state index in [2.05, 4.69) is 5.32 Å². The van der Waals surface area contributed by atoms with Crippen LogP contribution in [0.4, 0.5) is 0 Å². The van der Waals surface area contributed by atoms with Gasteiger partial charge in [-0.2, -0.15) is 0 Å². The first-order chi connectivity index (χ1) is 8.08. The molecular weight excluding hydrogens is 261 g/mol. The number of alkyl halides is 1. The summed E-state index contributed by atoms with van der Waals surface area (Å²) < 4.78 is 0. The van der Waals surface area contributed by atoms with Gasteiger partial charge in [-0.1, -0.05) is 11.6 Å². The SMILES string of the molecule is O=C(NCC(Cl)C1CC1)c1cc(Cl)ccc1O. The number of nitrogens with one attached hydrogen (secondary N) is 1. The summed E-state index contributed by atoms with van der Waals surface area (Å²) in [5, 5.41) is 12.6. The molecule has 0 heterocycles. The van der Waals surface area contributed by atoms with Crippen LogP contribution in [0.15, 0.2) is 18.2 Å². The van der Waals surface area contributed by atoms with Gasteiger partial charge >= 0.3 is 0 Å². The third-order valence-corrected chi connectivity index (χ3v) is 3.54. The lowest BCUT2D eigenvalue weighted by Gasteiger charge is -2.10. The average Bonchev–Trinajstić information content (AvgIpc) is 3.12. The Morgan fingerprint density at radius 3 is 2.88 bits per heavy atom. The lowest BCUT2D eigenvalue weighted by Crippen LogP contribution is -2.30. The maximum Gasteiger partial charge on any atom is 0.255 e. The predicted molar refractivity (Wildman–Crippen MR) is 67.8 cm³/mol. The number of phenols is 1. The molecule has 1 saturated carbocycles. The van der Waals surface area contributed by atoms with Crippen LogP contribution in [-0.2, 0) is 0 Å². The monoisotopic (exact) mass is 273 g/mol. The first-order valence-corrected chi connectivity index (χ1v) is 6.30. The van der Waals surface area contributed by atoms with Crippen molar-refractivity contribution in [3.05, 3.63) is 28.8 Å². The van der Waals surface area contributed by atoms with Crippen molar-refractivity contribution in [2.75, 3.05) is 6.54 Å². The van der Waals surface area contributed by atoms with Crippen LogP contribution < -0.4 is 5.32 Å². The summed E-state index contributed by atoms with van der Waals surface area (Å²) in [5.41, 5.74) is 0.178. The molecule has 1 aliphatic rings. The van der Waals surface area contributed by atoms with Crippen molar-refractivity contribution in [2.24, 2.45) is 5.92 Å². The number of hydrogen-bond donors (Lipinski definition) is 2. The van der Waals surface area contributed by atoms with Gasteiger partial charge in [0.05, 0.1) is 10.9 Å². The fourth-order valence-corrected chi connectivity index (χ4v) is 2.10. The van der Waals surface area contributed by atoms with E-state index >= 15 is 0 Å². The van der Waals surface area contributed by atoms with Gasteiger partial charge in [-0.3, -0.25) is 4.79 Å². The number of carbonyl (C=O) groups excluding carboxylic acids is 1. The molecule has 1 unspecified atom stereocenters. The van der Waals surface area contributed by atoms with E-state index in [0.717, 1.165) is 12.8 Å². The van der Waals surface area contributed by atoms with E-state index in [9.17, 15) is 9.90 Å². The summed E-state index contributed by atoms with van der Waals surface area (Å²) in [6, 6.07) is 4.37. The van der Waals surface area contributed by atoms with Crippen molar-refractivity contribution in [1.29, 1.82) is 0 Å². The highest BCUT2D eigenvalue weighted by molar-refractivity contribution is 6.31. The Balaban J connectivity index is 1.96. The fourth-order valence-electron chi connectivity index (χ4n) is 1.60. The Morgan fingerprint density at radius 1 is 1.53 bits per heavy atom. The number of rotatable bonds is 4. The summed E-state index contributed by atoms with van der Waals surface area (Å²) in [6.45, 7) is 0.414. The molecule has 92 valence electrons. The van der Waals surface area contributed by atoms with Crippen LogP contribution in [0.2, 0.25) is 5.02 Å². The lowest BCUT2D eigenvalue weighted by molar-refractivity contribution is 0.0950. The van der Waals surface area contributed by atoms with E-state index in [-0.39, 0.29) is 22.6 Å². The average molecular weight is 274 g/mol. The van der Waals surface area contributed by atoms with Crippen molar-refractivity contribution in [1.82, 2.24) is 5.32 Å². The second kappa shape index (κ2) is 5.15. The number of hydrogen-bond acceptors (Lipinski definition) is 2. The third kappa shape index (κ3) is 3.27. The Morgan fingerprint density at radius 2 is 2.24 bits per heavy atom. The lowest BCUT2D eigenvalue weighted by atomic mass is 10.2. The Bertz CT molecular complexity index is 433. The zero-order valence-electron chi connectivity index (χ0n) is 9.12. The van der Waals surface area contributed by atoms with Gasteiger partial charge in [0, 0.05) is 11.6 Å². The van der Waals surface area contributed by atoms with Gasteiger partial charge in [0.1, 0.15) is 5.75 Å². The van der Waals surface area contributed by atoms with Crippen LogP contribution in [0.1, 0.15) is 23.2 Å². The zero-order chi connectivity index (χ0) is 12.4. The number of amides is 1. The molecule has 5 heteroatoms. The highest BCUT2D eigenvalue weighted by atomic mass is 35.5. The van der Waals surface area contributed by atoms with E-state index in [4.69, 9.17) is 23.2 Å². The van der Waals surface area contributed by atoms with Crippen LogP contribution in [0.3, 0.4) is 0 Å². The molecular formula is C12H13Cl2NO2. The van der Waals surface area contributed by atoms with E-state index in [1.807, 2.05) is 0 Å². The van der Waals surface area contributed by atoms with Crippen molar-refractivity contribution in [2.45, 2.75) is 18.2 Å². The van der Waals surface area contributed by atoms with Gasteiger partial charge in [0.25, 0.3) is 5.91 Å². The molecule has 1 aliphatic carbocycles.